The Bertz CT molecular complexity index is 907. The third kappa shape index (κ3) is 3.91. The van der Waals surface area contributed by atoms with Crippen LogP contribution >= 0.6 is 0 Å². The van der Waals surface area contributed by atoms with Gasteiger partial charge in [-0.15, -0.1) is 0 Å². The monoisotopic (exact) mass is 353 g/mol. The van der Waals surface area contributed by atoms with Gasteiger partial charge in [-0.1, -0.05) is 30.3 Å². The summed E-state index contributed by atoms with van der Waals surface area (Å²) >= 11 is 0. The Morgan fingerprint density at radius 3 is 2.65 bits per heavy atom. The molecular formula is C20H20FN3O2. The standard InChI is InChI=1S/C20H20FN3O2/c1-15-7-3-6-10-19(15)26-14-13-23(2)20(25)17-11-12-24(22-17)18-9-5-4-8-16(18)21/h3-12H,13-14H2,1-2H3. The smallest absolute Gasteiger partial charge is 0.274 e. The van der Waals surface area contributed by atoms with Gasteiger partial charge in [0.2, 0.25) is 0 Å². The molecule has 0 atom stereocenters. The van der Waals surface area contributed by atoms with Crippen molar-refractivity contribution in [2.24, 2.45) is 0 Å². The largest absolute Gasteiger partial charge is 0.491 e. The average Bonchev–Trinajstić information content (AvgIpc) is 3.12. The maximum Gasteiger partial charge on any atom is 0.274 e. The number of benzene rings is 2. The fourth-order valence-corrected chi connectivity index (χ4v) is 2.52. The Kier molecular flexibility index (Phi) is 5.31. The molecular weight excluding hydrogens is 333 g/mol. The molecule has 0 spiro atoms. The van der Waals surface area contributed by atoms with Gasteiger partial charge in [0.05, 0.1) is 6.54 Å². The van der Waals surface area contributed by atoms with Gasteiger partial charge in [-0.2, -0.15) is 5.10 Å². The number of nitrogens with zero attached hydrogens (tertiary/aromatic N) is 3. The van der Waals surface area contributed by atoms with Crippen molar-refractivity contribution >= 4 is 5.91 Å². The minimum absolute atomic E-state index is 0.242. The van der Waals surface area contributed by atoms with Gasteiger partial charge < -0.3 is 9.64 Å². The van der Waals surface area contributed by atoms with E-state index in [1.807, 2.05) is 31.2 Å². The third-order valence-corrected chi connectivity index (χ3v) is 4.03. The minimum atomic E-state index is -0.394. The molecule has 1 heterocycles. The number of amides is 1. The van der Waals surface area contributed by atoms with Crippen molar-refractivity contribution in [3.05, 3.63) is 77.9 Å². The van der Waals surface area contributed by atoms with Crippen molar-refractivity contribution in [2.75, 3.05) is 20.2 Å². The van der Waals surface area contributed by atoms with Crippen LogP contribution in [-0.4, -0.2) is 40.8 Å². The maximum absolute atomic E-state index is 13.8. The molecule has 6 heteroatoms. The summed E-state index contributed by atoms with van der Waals surface area (Å²) in [7, 11) is 1.69. The van der Waals surface area contributed by atoms with Crippen LogP contribution < -0.4 is 4.74 Å². The second kappa shape index (κ2) is 7.82. The lowest BCUT2D eigenvalue weighted by molar-refractivity contribution is 0.0767. The molecule has 3 aromatic rings. The number of aryl methyl sites for hydroxylation is 1. The molecule has 0 saturated heterocycles. The fourth-order valence-electron chi connectivity index (χ4n) is 2.52. The van der Waals surface area contributed by atoms with Crippen molar-refractivity contribution < 1.29 is 13.9 Å². The zero-order valence-electron chi connectivity index (χ0n) is 14.7. The first-order valence-electron chi connectivity index (χ1n) is 8.31. The second-order valence-corrected chi connectivity index (χ2v) is 5.94. The van der Waals surface area contributed by atoms with Crippen LogP contribution in [0.25, 0.3) is 5.69 Å². The van der Waals surface area contributed by atoms with Crippen molar-refractivity contribution in [3.63, 3.8) is 0 Å². The van der Waals surface area contributed by atoms with E-state index in [1.165, 1.54) is 15.6 Å². The van der Waals surface area contributed by atoms with Crippen molar-refractivity contribution in [1.29, 1.82) is 0 Å². The highest BCUT2D eigenvalue weighted by Crippen LogP contribution is 2.16. The van der Waals surface area contributed by atoms with E-state index in [0.717, 1.165) is 11.3 Å². The van der Waals surface area contributed by atoms with Crippen LogP contribution in [0.5, 0.6) is 5.75 Å². The number of para-hydroxylation sites is 2. The normalized spacial score (nSPS) is 10.6. The second-order valence-electron chi connectivity index (χ2n) is 5.94. The number of carbonyl (C=O) groups is 1. The van der Waals surface area contributed by atoms with Gasteiger partial charge in [-0.3, -0.25) is 4.79 Å². The van der Waals surface area contributed by atoms with E-state index >= 15 is 0 Å². The zero-order valence-corrected chi connectivity index (χ0v) is 14.7. The number of halogens is 1. The molecule has 0 unspecified atom stereocenters. The zero-order chi connectivity index (χ0) is 18.5. The van der Waals surface area contributed by atoms with E-state index in [9.17, 15) is 9.18 Å². The van der Waals surface area contributed by atoms with Gasteiger partial charge in [0.1, 0.15) is 23.9 Å². The number of rotatable bonds is 6. The maximum atomic E-state index is 13.8. The summed E-state index contributed by atoms with van der Waals surface area (Å²) in [5.41, 5.74) is 1.61. The lowest BCUT2D eigenvalue weighted by atomic mass is 10.2. The fraction of sp³-hybridized carbons (Fsp3) is 0.200. The van der Waals surface area contributed by atoms with Crippen LogP contribution in [0.2, 0.25) is 0 Å². The Labute approximate surface area is 151 Å². The lowest BCUT2D eigenvalue weighted by Crippen LogP contribution is -2.31. The number of ether oxygens (including phenoxy) is 1. The number of hydrogen-bond donors (Lipinski definition) is 0. The molecule has 0 radical (unpaired) electrons. The average molecular weight is 353 g/mol. The van der Waals surface area contributed by atoms with Crippen LogP contribution in [0.15, 0.2) is 60.8 Å². The molecule has 0 aliphatic heterocycles. The van der Waals surface area contributed by atoms with Crippen molar-refractivity contribution in [1.82, 2.24) is 14.7 Å². The molecule has 5 nitrogen and oxygen atoms in total. The highest BCUT2D eigenvalue weighted by atomic mass is 19.1. The Balaban J connectivity index is 1.61. The quantitative estimate of drug-likeness (QED) is 0.682. The van der Waals surface area contributed by atoms with E-state index in [2.05, 4.69) is 5.10 Å². The Hall–Kier alpha value is -3.15. The molecule has 0 aliphatic rings. The van der Waals surface area contributed by atoms with Gasteiger partial charge in [-0.05, 0) is 36.8 Å². The summed E-state index contributed by atoms with van der Waals surface area (Å²) in [6, 6.07) is 15.6. The summed E-state index contributed by atoms with van der Waals surface area (Å²) in [5, 5.41) is 4.19. The minimum Gasteiger partial charge on any atom is -0.491 e. The van der Waals surface area contributed by atoms with Gasteiger partial charge in [-0.25, -0.2) is 9.07 Å². The summed E-state index contributed by atoms with van der Waals surface area (Å²) in [5.74, 6) is 0.167. The van der Waals surface area contributed by atoms with Gasteiger partial charge in [0.25, 0.3) is 5.91 Å². The van der Waals surface area contributed by atoms with E-state index in [1.54, 1.807) is 37.5 Å². The predicted molar refractivity (Wildman–Crippen MR) is 97.2 cm³/mol. The third-order valence-electron chi connectivity index (χ3n) is 4.03. The van der Waals surface area contributed by atoms with Crippen LogP contribution in [0.1, 0.15) is 16.1 Å². The highest BCUT2D eigenvalue weighted by molar-refractivity contribution is 5.92. The van der Waals surface area contributed by atoms with Crippen molar-refractivity contribution in [2.45, 2.75) is 6.92 Å². The van der Waals surface area contributed by atoms with E-state index < -0.39 is 5.82 Å². The topological polar surface area (TPSA) is 47.4 Å². The summed E-state index contributed by atoms with van der Waals surface area (Å²) in [4.78, 5) is 14.0. The van der Waals surface area contributed by atoms with Gasteiger partial charge in [0, 0.05) is 13.2 Å². The molecule has 0 saturated carbocycles. The molecule has 134 valence electrons. The molecule has 0 aliphatic carbocycles. The summed E-state index contributed by atoms with van der Waals surface area (Å²) < 4.78 is 20.9. The van der Waals surface area contributed by atoms with E-state index in [-0.39, 0.29) is 11.6 Å². The molecule has 3 rings (SSSR count). The molecule has 0 N–H and O–H groups in total. The van der Waals surface area contributed by atoms with E-state index in [4.69, 9.17) is 4.74 Å². The number of carbonyl (C=O) groups excluding carboxylic acids is 1. The number of aromatic nitrogens is 2. The molecule has 2 aromatic carbocycles. The van der Waals surface area contributed by atoms with Gasteiger partial charge in [0.15, 0.2) is 5.69 Å². The first-order chi connectivity index (χ1) is 12.6. The first kappa shape index (κ1) is 17.7. The lowest BCUT2D eigenvalue weighted by Gasteiger charge is -2.17. The molecule has 26 heavy (non-hydrogen) atoms. The Morgan fingerprint density at radius 1 is 1.15 bits per heavy atom. The van der Waals surface area contributed by atoms with Crippen LogP contribution in [0, 0.1) is 12.7 Å². The molecule has 1 amide bonds. The summed E-state index contributed by atoms with van der Waals surface area (Å²) in [6.07, 6.45) is 1.57. The van der Waals surface area contributed by atoms with Crippen LogP contribution in [0.3, 0.4) is 0 Å². The molecule has 1 aromatic heterocycles. The van der Waals surface area contributed by atoms with Crippen LogP contribution in [-0.2, 0) is 0 Å². The molecule has 0 bridgehead atoms. The van der Waals surface area contributed by atoms with Gasteiger partial charge >= 0.3 is 0 Å². The van der Waals surface area contributed by atoms with Crippen LogP contribution in [0.4, 0.5) is 4.39 Å². The number of hydrogen-bond acceptors (Lipinski definition) is 3. The van der Waals surface area contributed by atoms with Crippen molar-refractivity contribution in [3.8, 4) is 11.4 Å². The highest BCUT2D eigenvalue weighted by Gasteiger charge is 2.16. The Morgan fingerprint density at radius 2 is 1.88 bits per heavy atom. The SMILES string of the molecule is Cc1ccccc1OCCN(C)C(=O)c1ccn(-c2ccccc2F)n1. The number of likely N-dealkylation sites (N-methyl/N-ethyl adjacent to an activating group) is 1. The first-order valence-corrected chi connectivity index (χ1v) is 8.31. The van der Waals surface area contributed by atoms with E-state index in [0.29, 0.717) is 18.8 Å². The molecule has 0 fully saturated rings. The predicted octanol–water partition coefficient (Wildman–Crippen LogP) is 3.47. The summed E-state index contributed by atoms with van der Waals surface area (Å²) in [6.45, 7) is 2.76.